The Balaban J connectivity index is 1.14. The molecule has 0 N–H and O–H groups in total. The Morgan fingerprint density at radius 3 is 2.07 bits per heavy atom. The van der Waals surface area contributed by atoms with Gasteiger partial charge in [0.2, 0.25) is 0 Å². The molecule has 5 rings (SSSR count). The Bertz CT molecular complexity index is 1720. The van der Waals surface area contributed by atoms with E-state index in [0.29, 0.717) is 12.1 Å². The summed E-state index contributed by atoms with van der Waals surface area (Å²) in [6.07, 6.45) is 4.30. The van der Waals surface area contributed by atoms with E-state index >= 15 is 0 Å². The molecule has 3 aromatic heterocycles. The third kappa shape index (κ3) is 6.96. The fourth-order valence-electron chi connectivity index (χ4n) is 5.48. The molecule has 5 aromatic rings. The Hall–Kier alpha value is -4.04. The van der Waals surface area contributed by atoms with Gasteiger partial charge in [0.15, 0.2) is 0 Å². The first kappa shape index (κ1) is 30.4. The average Bonchev–Trinajstić information content (AvgIpc) is 3.31. The second-order valence-electron chi connectivity index (χ2n) is 11.8. The van der Waals surface area contributed by atoms with Gasteiger partial charge in [-0.25, -0.2) is 0 Å². The molecule has 222 valence electrons. The van der Waals surface area contributed by atoms with Gasteiger partial charge in [0, 0.05) is 40.7 Å². The fraction of sp³-hybridized carbons (Fsp3) is 0.314. The Morgan fingerprint density at radius 1 is 0.814 bits per heavy atom. The van der Waals surface area contributed by atoms with Crippen LogP contribution in [0.2, 0.25) is 0 Å². The van der Waals surface area contributed by atoms with E-state index in [0.717, 1.165) is 34.4 Å². The average molecular weight is 643 g/mol. The predicted molar refractivity (Wildman–Crippen MR) is 173 cm³/mol. The van der Waals surface area contributed by atoms with Crippen LogP contribution in [0.3, 0.4) is 0 Å². The van der Waals surface area contributed by atoms with Crippen LogP contribution in [-0.4, -0.2) is 37.4 Å². The topological polar surface area (TPSA) is 83.3 Å². The van der Waals surface area contributed by atoms with Gasteiger partial charge in [-0.3, -0.25) is 19.6 Å². The SMILES string of the molecule is Cc1ccnc(-c2cc(COC(=O)C(C)(C)CC(C)(Br)C(=O)OCCCn3c4ccccc4c4ccccc43)ccn2)c1. The molecule has 0 aliphatic heterocycles. The number of benzene rings is 2. The van der Waals surface area contributed by atoms with Gasteiger partial charge < -0.3 is 14.0 Å². The van der Waals surface area contributed by atoms with Crippen molar-refractivity contribution in [1.29, 1.82) is 0 Å². The number of fused-ring (bicyclic) bond motifs is 3. The third-order valence-corrected chi connectivity index (χ3v) is 8.17. The number of carbonyl (C=O) groups excluding carboxylic acids is 2. The first-order valence-corrected chi connectivity index (χ1v) is 15.2. The van der Waals surface area contributed by atoms with Crippen molar-refractivity contribution in [3.63, 3.8) is 0 Å². The second-order valence-corrected chi connectivity index (χ2v) is 13.5. The number of esters is 2. The van der Waals surface area contributed by atoms with Gasteiger partial charge >= 0.3 is 11.9 Å². The number of pyridine rings is 2. The molecule has 0 aliphatic carbocycles. The van der Waals surface area contributed by atoms with E-state index in [2.05, 4.69) is 54.7 Å². The van der Waals surface area contributed by atoms with Gasteiger partial charge in [-0.05, 0) is 88.1 Å². The van der Waals surface area contributed by atoms with Crippen molar-refractivity contribution in [3.8, 4) is 11.4 Å². The highest BCUT2D eigenvalue weighted by Gasteiger charge is 2.42. The van der Waals surface area contributed by atoms with Crippen molar-refractivity contribution in [3.05, 3.63) is 96.3 Å². The van der Waals surface area contributed by atoms with Crippen LogP contribution in [0.4, 0.5) is 0 Å². The Morgan fingerprint density at radius 2 is 1.42 bits per heavy atom. The molecule has 1 unspecified atom stereocenters. The molecule has 0 aliphatic rings. The summed E-state index contributed by atoms with van der Waals surface area (Å²) < 4.78 is 12.6. The molecule has 0 spiro atoms. The summed E-state index contributed by atoms with van der Waals surface area (Å²) in [6, 6.07) is 24.2. The van der Waals surface area contributed by atoms with Crippen LogP contribution in [0.5, 0.6) is 0 Å². The maximum Gasteiger partial charge on any atom is 0.322 e. The molecule has 7 nitrogen and oxygen atoms in total. The number of carbonyl (C=O) groups is 2. The van der Waals surface area contributed by atoms with E-state index < -0.39 is 21.7 Å². The summed E-state index contributed by atoms with van der Waals surface area (Å²) in [5.74, 6) is -0.801. The maximum absolute atomic E-state index is 13.1. The van der Waals surface area contributed by atoms with Crippen LogP contribution in [0.1, 0.15) is 44.7 Å². The van der Waals surface area contributed by atoms with Gasteiger partial charge in [-0.1, -0.05) is 52.3 Å². The number of para-hydroxylation sites is 2. The minimum atomic E-state index is -1.05. The Labute approximate surface area is 260 Å². The van der Waals surface area contributed by atoms with Crippen LogP contribution >= 0.6 is 15.9 Å². The minimum absolute atomic E-state index is 0.0931. The van der Waals surface area contributed by atoms with Crippen molar-refractivity contribution in [2.75, 3.05) is 6.61 Å². The van der Waals surface area contributed by atoms with E-state index in [4.69, 9.17) is 9.47 Å². The molecule has 8 heteroatoms. The van der Waals surface area contributed by atoms with Crippen molar-refractivity contribution < 1.29 is 19.1 Å². The van der Waals surface area contributed by atoms with Crippen LogP contribution in [0.25, 0.3) is 33.2 Å². The quantitative estimate of drug-likeness (QED) is 0.0831. The molecule has 2 aromatic carbocycles. The Kier molecular flexibility index (Phi) is 8.97. The summed E-state index contributed by atoms with van der Waals surface area (Å²) in [7, 11) is 0. The molecule has 3 heterocycles. The first-order valence-electron chi connectivity index (χ1n) is 14.4. The molecule has 0 amide bonds. The molecule has 0 saturated carbocycles. The van der Waals surface area contributed by atoms with E-state index in [1.54, 1.807) is 33.2 Å². The van der Waals surface area contributed by atoms with E-state index in [9.17, 15) is 9.59 Å². The van der Waals surface area contributed by atoms with Crippen molar-refractivity contribution >= 4 is 49.7 Å². The van der Waals surface area contributed by atoms with Gasteiger partial charge in [0.05, 0.1) is 23.4 Å². The summed E-state index contributed by atoms with van der Waals surface area (Å²) in [5, 5.41) is 2.43. The number of rotatable bonds is 11. The summed E-state index contributed by atoms with van der Waals surface area (Å²) >= 11 is 3.54. The summed E-state index contributed by atoms with van der Waals surface area (Å²) in [4.78, 5) is 35.0. The smallest absolute Gasteiger partial charge is 0.322 e. The van der Waals surface area contributed by atoms with E-state index in [1.165, 1.54) is 10.8 Å². The van der Waals surface area contributed by atoms with Crippen LogP contribution in [0.15, 0.2) is 85.2 Å². The monoisotopic (exact) mass is 641 g/mol. The molecule has 1 atom stereocenters. The lowest BCUT2D eigenvalue weighted by Gasteiger charge is -2.30. The second kappa shape index (κ2) is 12.7. The van der Waals surface area contributed by atoms with Gasteiger partial charge in [0.1, 0.15) is 10.9 Å². The molecule has 0 saturated heterocycles. The number of aryl methyl sites for hydroxylation is 2. The predicted octanol–water partition coefficient (Wildman–Crippen LogP) is 7.81. The van der Waals surface area contributed by atoms with Gasteiger partial charge in [-0.15, -0.1) is 0 Å². The van der Waals surface area contributed by atoms with Crippen LogP contribution in [0, 0.1) is 12.3 Å². The van der Waals surface area contributed by atoms with Crippen LogP contribution < -0.4 is 0 Å². The van der Waals surface area contributed by atoms with E-state index in [1.807, 2.05) is 55.5 Å². The zero-order valence-electron chi connectivity index (χ0n) is 25.0. The number of aromatic nitrogens is 3. The maximum atomic E-state index is 13.1. The number of hydrogen-bond donors (Lipinski definition) is 0. The van der Waals surface area contributed by atoms with Gasteiger partial charge in [-0.2, -0.15) is 0 Å². The summed E-state index contributed by atoms with van der Waals surface area (Å²) in [5.41, 5.74) is 4.76. The number of hydrogen-bond acceptors (Lipinski definition) is 6. The normalized spacial score (nSPS) is 13.1. The lowest BCUT2D eigenvalue weighted by atomic mass is 9.83. The first-order chi connectivity index (χ1) is 20.5. The summed E-state index contributed by atoms with van der Waals surface area (Å²) in [6.45, 7) is 8.37. The minimum Gasteiger partial charge on any atom is -0.465 e. The van der Waals surface area contributed by atoms with Crippen LogP contribution in [-0.2, 0) is 32.2 Å². The lowest BCUT2D eigenvalue weighted by Crippen LogP contribution is -2.39. The number of alkyl halides is 1. The third-order valence-electron chi connectivity index (χ3n) is 7.56. The zero-order valence-corrected chi connectivity index (χ0v) is 26.6. The highest BCUT2D eigenvalue weighted by Crippen LogP contribution is 2.36. The number of nitrogens with zero attached hydrogens (tertiary/aromatic N) is 3. The molecular formula is C35H36BrN3O4. The standard InChI is InChI=1S/C35H36BrN3O4/c1-24-14-16-37-28(20-24)29-21-25(15-17-38-29)22-43-32(40)34(2,3)23-35(4,36)33(41)42-19-9-18-39-30-12-7-5-10-26(30)27-11-6-8-13-31(27)39/h5-8,10-17,20-21H,9,18-19,22-23H2,1-4H3. The number of ether oxygens (including phenoxy) is 2. The molecule has 0 fully saturated rings. The molecule has 0 bridgehead atoms. The van der Waals surface area contributed by atoms with Crippen molar-refractivity contribution in [2.24, 2.45) is 5.41 Å². The molecule has 43 heavy (non-hydrogen) atoms. The molecular weight excluding hydrogens is 606 g/mol. The largest absolute Gasteiger partial charge is 0.465 e. The zero-order chi connectivity index (χ0) is 30.6. The highest BCUT2D eigenvalue weighted by molar-refractivity contribution is 9.10. The fourth-order valence-corrected chi connectivity index (χ4v) is 6.30. The van der Waals surface area contributed by atoms with E-state index in [-0.39, 0.29) is 19.6 Å². The number of halogens is 1. The highest BCUT2D eigenvalue weighted by atomic mass is 79.9. The van der Waals surface area contributed by atoms with Gasteiger partial charge in [0.25, 0.3) is 0 Å². The van der Waals surface area contributed by atoms with Crippen molar-refractivity contribution in [1.82, 2.24) is 14.5 Å². The molecule has 0 radical (unpaired) electrons. The lowest BCUT2D eigenvalue weighted by molar-refractivity contribution is -0.157. The van der Waals surface area contributed by atoms with Crippen molar-refractivity contribution in [2.45, 2.75) is 58.0 Å².